The van der Waals surface area contributed by atoms with E-state index in [-0.39, 0.29) is 0 Å². The van der Waals surface area contributed by atoms with Gasteiger partial charge in [-0.15, -0.1) is 0 Å². The van der Waals surface area contributed by atoms with Crippen LogP contribution in [-0.4, -0.2) is 17.0 Å². The van der Waals surface area contributed by atoms with Gasteiger partial charge in [0.25, 0.3) is 0 Å². The van der Waals surface area contributed by atoms with Gasteiger partial charge in [-0.1, -0.05) is 18.6 Å². The van der Waals surface area contributed by atoms with Gasteiger partial charge in [0.2, 0.25) is 0 Å². The van der Waals surface area contributed by atoms with E-state index >= 15 is 0 Å². The Labute approximate surface area is 93.4 Å². The lowest BCUT2D eigenvalue weighted by Crippen LogP contribution is -2.22. The summed E-state index contributed by atoms with van der Waals surface area (Å²) < 4.78 is 0. The van der Waals surface area contributed by atoms with Crippen molar-refractivity contribution >= 4 is 6.29 Å². The van der Waals surface area contributed by atoms with Crippen LogP contribution in [0.3, 0.4) is 0 Å². The zero-order valence-corrected chi connectivity index (χ0v) is 10.3. The van der Waals surface area contributed by atoms with Gasteiger partial charge in [-0.05, 0) is 46.0 Å². The van der Waals surface area contributed by atoms with Gasteiger partial charge in [-0.2, -0.15) is 0 Å². The molecule has 15 heavy (non-hydrogen) atoms. The molecule has 0 rings (SSSR count). The summed E-state index contributed by atoms with van der Waals surface area (Å²) in [5.41, 5.74) is 0.812. The lowest BCUT2D eigenvalue weighted by atomic mass is 9.95. The highest BCUT2D eigenvalue weighted by atomic mass is 16.3. The van der Waals surface area contributed by atoms with Crippen LogP contribution in [0.4, 0.5) is 0 Å². The number of rotatable bonds is 8. The summed E-state index contributed by atoms with van der Waals surface area (Å²) in [6.45, 7) is 5.98. The summed E-state index contributed by atoms with van der Waals surface area (Å²) in [6, 6.07) is 0. The van der Waals surface area contributed by atoms with Gasteiger partial charge in [0, 0.05) is 6.42 Å². The average Bonchev–Trinajstić information content (AvgIpc) is 2.18. The molecule has 1 N–H and O–H groups in total. The first-order valence-electron chi connectivity index (χ1n) is 5.83. The summed E-state index contributed by atoms with van der Waals surface area (Å²) in [5.74, 6) is 0. The van der Waals surface area contributed by atoms with Crippen molar-refractivity contribution in [3.8, 4) is 0 Å². The molecule has 0 aromatic carbocycles. The zero-order valence-electron chi connectivity index (χ0n) is 10.3. The smallest absolute Gasteiger partial charge is 0.120 e. The second-order valence-corrected chi connectivity index (χ2v) is 4.50. The van der Waals surface area contributed by atoms with E-state index in [1.807, 2.05) is 13.8 Å². The second-order valence-electron chi connectivity index (χ2n) is 4.50. The minimum atomic E-state index is -0.511. The lowest BCUT2D eigenvalue weighted by Gasteiger charge is -2.20. The highest BCUT2D eigenvalue weighted by Gasteiger charge is 2.16. The topological polar surface area (TPSA) is 37.3 Å². The highest BCUT2D eigenvalue weighted by Crippen LogP contribution is 2.19. The van der Waals surface area contributed by atoms with Crippen molar-refractivity contribution in [2.45, 2.75) is 64.9 Å². The molecule has 0 aliphatic rings. The molecular formula is C13H24O2. The third-order valence-electron chi connectivity index (χ3n) is 2.83. The molecule has 0 saturated carbocycles. The quantitative estimate of drug-likeness (QED) is 0.381. The number of allylic oxidation sites excluding steroid dienone is 2. The van der Waals surface area contributed by atoms with Gasteiger partial charge in [0.15, 0.2) is 0 Å². The Kier molecular flexibility index (Phi) is 7.31. The van der Waals surface area contributed by atoms with Crippen molar-refractivity contribution in [1.29, 1.82) is 0 Å². The fourth-order valence-electron chi connectivity index (χ4n) is 1.42. The summed E-state index contributed by atoms with van der Waals surface area (Å²) in [6.07, 6.45) is 8.23. The number of hydrogen-bond acceptors (Lipinski definition) is 2. The van der Waals surface area contributed by atoms with E-state index in [1.165, 1.54) is 5.57 Å². The fraction of sp³-hybridized carbons (Fsp3) is 0.769. The molecule has 0 aromatic rings. The largest absolute Gasteiger partial charge is 0.390 e. The van der Waals surface area contributed by atoms with Gasteiger partial charge in [-0.25, -0.2) is 0 Å². The van der Waals surface area contributed by atoms with Gasteiger partial charge >= 0.3 is 0 Å². The maximum absolute atomic E-state index is 10.1. The maximum atomic E-state index is 10.1. The Bertz CT molecular complexity index is 205. The van der Waals surface area contributed by atoms with Gasteiger partial charge in [0.1, 0.15) is 6.29 Å². The Morgan fingerprint density at radius 2 is 2.07 bits per heavy atom. The molecule has 0 aliphatic carbocycles. The molecule has 0 spiro atoms. The average molecular weight is 212 g/mol. The highest BCUT2D eigenvalue weighted by molar-refractivity contribution is 5.49. The normalized spacial score (nSPS) is 16.1. The third-order valence-corrected chi connectivity index (χ3v) is 2.83. The molecule has 0 bridgehead atoms. The number of hydrogen-bond donors (Lipinski definition) is 1. The third kappa shape index (κ3) is 8.37. The van der Waals surface area contributed by atoms with Gasteiger partial charge in [0.05, 0.1) is 5.60 Å². The van der Waals surface area contributed by atoms with Gasteiger partial charge < -0.3 is 9.90 Å². The van der Waals surface area contributed by atoms with Crippen molar-refractivity contribution < 1.29 is 9.90 Å². The summed E-state index contributed by atoms with van der Waals surface area (Å²) in [5, 5.41) is 9.78. The predicted molar refractivity (Wildman–Crippen MR) is 63.8 cm³/mol. The number of unbranched alkanes of at least 4 members (excludes halogenated alkanes) is 1. The van der Waals surface area contributed by atoms with E-state index in [0.717, 1.165) is 38.4 Å². The predicted octanol–water partition coefficient (Wildman–Crippen LogP) is 3.24. The first kappa shape index (κ1) is 14.4. The molecular weight excluding hydrogens is 188 g/mol. The van der Waals surface area contributed by atoms with Crippen molar-refractivity contribution in [3.05, 3.63) is 11.6 Å². The van der Waals surface area contributed by atoms with Crippen molar-refractivity contribution in [2.24, 2.45) is 0 Å². The molecule has 0 heterocycles. The van der Waals surface area contributed by atoms with Crippen LogP contribution in [0, 0.1) is 0 Å². The first-order chi connectivity index (χ1) is 7.02. The van der Waals surface area contributed by atoms with Crippen LogP contribution >= 0.6 is 0 Å². The van der Waals surface area contributed by atoms with Gasteiger partial charge in [-0.3, -0.25) is 0 Å². The Morgan fingerprint density at radius 1 is 1.40 bits per heavy atom. The summed E-state index contributed by atoms with van der Waals surface area (Å²) in [4.78, 5) is 10.1. The molecule has 88 valence electrons. The standard InChI is InChI=1S/C13H24O2/c1-4-13(3,15)10-7-9-12(2)8-5-6-11-14/h8,11,15H,4-7,9-10H2,1-3H3. The minimum Gasteiger partial charge on any atom is -0.390 e. The molecule has 2 nitrogen and oxygen atoms in total. The molecule has 0 amide bonds. The van der Waals surface area contributed by atoms with E-state index in [4.69, 9.17) is 0 Å². The van der Waals surface area contributed by atoms with Crippen LogP contribution in [0.15, 0.2) is 11.6 Å². The van der Waals surface area contributed by atoms with Crippen LogP contribution in [0.1, 0.15) is 59.3 Å². The zero-order chi connectivity index (χ0) is 11.7. The minimum absolute atomic E-state index is 0.511. The Balaban J connectivity index is 3.66. The molecule has 0 aliphatic heterocycles. The molecule has 1 unspecified atom stereocenters. The molecule has 0 aromatic heterocycles. The maximum Gasteiger partial charge on any atom is 0.120 e. The van der Waals surface area contributed by atoms with Crippen molar-refractivity contribution in [2.75, 3.05) is 0 Å². The van der Waals surface area contributed by atoms with Crippen LogP contribution in [0.5, 0.6) is 0 Å². The van der Waals surface area contributed by atoms with Crippen LogP contribution in [-0.2, 0) is 4.79 Å². The fourth-order valence-corrected chi connectivity index (χ4v) is 1.42. The molecule has 2 heteroatoms. The number of carbonyl (C=O) groups excluding carboxylic acids is 1. The Hall–Kier alpha value is -0.630. The van der Waals surface area contributed by atoms with Crippen molar-refractivity contribution in [1.82, 2.24) is 0 Å². The van der Waals surface area contributed by atoms with E-state index in [9.17, 15) is 9.90 Å². The first-order valence-corrected chi connectivity index (χ1v) is 5.83. The van der Waals surface area contributed by atoms with Crippen LogP contribution in [0.25, 0.3) is 0 Å². The Morgan fingerprint density at radius 3 is 2.60 bits per heavy atom. The van der Waals surface area contributed by atoms with Crippen LogP contribution in [0.2, 0.25) is 0 Å². The monoisotopic (exact) mass is 212 g/mol. The number of aldehydes is 1. The summed E-state index contributed by atoms with van der Waals surface area (Å²) in [7, 11) is 0. The van der Waals surface area contributed by atoms with E-state index in [2.05, 4.69) is 13.0 Å². The molecule has 0 radical (unpaired) electrons. The molecule has 0 fully saturated rings. The summed E-state index contributed by atoms with van der Waals surface area (Å²) >= 11 is 0. The van der Waals surface area contributed by atoms with Crippen molar-refractivity contribution in [3.63, 3.8) is 0 Å². The SMILES string of the molecule is CCC(C)(O)CCCC(C)=CCCC=O. The molecule has 0 saturated heterocycles. The molecule has 1 atom stereocenters. The lowest BCUT2D eigenvalue weighted by molar-refractivity contribution is -0.107. The second kappa shape index (κ2) is 7.63. The number of aliphatic hydroxyl groups is 1. The van der Waals surface area contributed by atoms with Crippen LogP contribution < -0.4 is 0 Å². The van der Waals surface area contributed by atoms with E-state index in [1.54, 1.807) is 0 Å². The van der Waals surface area contributed by atoms with E-state index < -0.39 is 5.60 Å². The van der Waals surface area contributed by atoms with E-state index in [0.29, 0.717) is 6.42 Å². The number of carbonyl (C=O) groups is 1.